The molecule has 7 heteroatoms. The number of nitrogens with two attached hydrogens (primary N) is 1. The highest BCUT2D eigenvalue weighted by Gasteiger charge is 2.32. The molecule has 110 valence electrons. The van der Waals surface area contributed by atoms with Crippen LogP contribution in [0.4, 0.5) is 5.13 Å². The summed E-state index contributed by atoms with van der Waals surface area (Å²) in [6.07, 6.45) is 4.10. The first-order valence-corrected chi connectivity index (χ1v) is 7.57. The minimum Gasteiger partial charge on any atom is -0.461 e. The molecule has 1 aliphatic carbocycles. The van der Waals surface area contributed by atoms with E-state index in [4.69, 9.17) is 15.3 Å². The molecule has 0 spiro atoms. The fourth-order valence-electron chi connectivity index (χ4n) is 2.15. The van der Waals surface area contributed by atoms with Crippen LogP contribution < -0.4 is 5.73 Å². The molecule has 1 aromatic rings. The van der Waals surface area contributed by atoms with Crippen molar-refractivity contribution in [2.45, 2.75) is 45.1 Å². The van der Waals surface area contributed by atoms with E-state index < -0.39 is 5.97 Å². The maximum Gasteiger partial charge on any atom is 0.362 e. The Bertz CT molecular complexity index is 507. The summed E-state index contributed by atoms with van der Waals surface area (Å²) in [5, 5.41) is 6.06. The molecule has 0 atom stereocenters. The van der Waals surface area contributed by atoms with Crippen LogP contribution in [0.2, 0.25) is 0 Å². The summed E-state index contributed by atoms with van der Waals surface area (Å²) in [6, 6.07) is 0. The molecule has 1 aromatic heterocycles. The van der Waals surface area contributed by atoms with Crippen molar-refractivity contribution in [1.29, 1.82) is 0 Å². The van der Waals surface area contributed by atoms with E-state index in [1.807, 2.05) is 6.92 Å². The monoisotopic (exact) mass is 297 g/mol. The Hall–Kier alpha value is -1.63. The second-order valence-electron chi connectivity index (χ2n) is 4.98. The summed E-state index contributed by atoms with van der Waals surface area (Å²) in [5.74, 6) is -0.542. The van der Waals surface area contributed by atoms with Crippen molar-refractivity contribution >= 4 is 28.1 Å². The van der Waals surface area contributed by atoms with Crippen molar-refractivity contribution in [2.24, 2.45) is 5.16 Å². The van der Waals surface area contributed by atoms with E-state index in [2.05, 4.69) is 10.1 Å². The van der Waals surface area contributed by atoms with Gasteiger partial charge in [0.1, 0.15) is 11.3 Å². The van der Waals surface area contributed by atoms with Gasteiger partial charge < -0.3 is 15.3 Å². The van der Waals surface area contributed by atoms with Crippen LogP contribution in [0.3, 0.4) is 0 Å². The average Bonchev–Trinajstić information content (AvgIpc) is 3.00. The first kappa shape index (κ1) is 14.8. The number of hydrogen-bond donors (Lipinski definition) is 1. The smallest absolute Gasteiger partial charge is 0.362 e. The van der Waals surface area contributed by atoms with Gasteiger partial charge in [-0.15, -0.1) is 11.3 Å². The zero-order valence-electron chi connectivity index (χ0n) is 11.7. The van der Waals surface area contributed by atoms with E-state index in [0.29, 0.717) is 10.8 Å². The highest BCUT2D eigenvalue weighted by atomic mass is 32.1. The molecular formula is C13H19N3O3S. The van der Waals surface area contributed by atoms with Gasteiger partial charge in [-0.1, -0.05) is 5.16 Å². The zero-order chi connectivity index (χ0) is 14.6. The molecule has 6 nitrogen and oxygen atoms in total. The number of carbonyl (C=O) groups is 1. The van der Waals surface area contributed by atoms with Gasteiger partial charge in [0.2, 0.25) is 5.71 Å². The minimum atomic E-state index is -0.542. The van der Waals surface area contributed by atoms with Crippen LogP contribution in [-0.2, 0) is 14.4 Å². The fourth-order valence-corrected chi connectivity index (χ4v) is 2.70. The van der Waals surface area contributed by atoms with E-state index in [1.165, 1.54) is 11.3 Å². The number of ether oxygens (including phenoxy) is 1. The minimum absolute atomic E-state index is 0.0768. The Morgan fingerprint density at radius 2 is 2.25 bits per heavy atom. The SMILES string of the molecule is CCOC(=O)/C(=N\OC1(C)CCCC1)c1csc(N)n1. The highest BCUT2D eigenvalue weighted by molar-refractivity contribution is 7.13. The lowest BCUT2D eigenvalue weighted by Crippen LogP contribution is -2.25. The molecule has 0 saturated heterocycles. The largest absolute Gasteiger partial charge is 0.461 e. The number of nitrogen functional groups attached to an aromatic ring is 1. The number of aromatic nitrogens is 1. The molecule has 20 heavy (non-hydrogen) atoms. The van der Waals surface area contributed by atoms with Crippen LogP contribution in [0.1, 0.15) is 45.2 Å². The molecule has 0 aliphatic heterocycles. The lowest BCUT2D eigenvalue weighted by Gasteiger charge is -2.20. The van der Waals surface area contributed by atoms with Crippen molar-refractivity contribution in [1.82, 2.24) is 4.98 Å². The summed E-state index contributed by atoms with van der Waals surface area (Å²) in [6.45, 7) is 4.01. The molecule has 0 amide bonds. The standard InChI is InChI=1S/C13H19N3O3S/c1-3-18-11(17)10(9-8-20-12(14)15-9)16-19-13(2)6-4-5-7-13/h8H,3-7H2,1-2H3,(H2,14,15)/b16-10-. The first-order valence-electron chi connectivity index (χ1n) is 6.69. The second-order valence-corrected chi connectivity index (χ2v) is 5.87. The molecule has 1 aliphatic rings. The van der Waals surface area contributed by atoms with Crippen LogP contribution in [0.25, 0.3) is 0 Å². The molecule has 2 rings (SSSR count). The van der Waals surface area contributed by atoms with Gasteiger partial charge in [-0.2, -0.15) is 0 Å². The Morgan fingerprint density at radius 1 is 1.55 bits per heavy atom. The summed E-state index contributed by atoms with van der Waals surface area (Å²) in [4.78, 5) is 21.6. The Labute approximate surface area is 122 Å². The molecule has 0 bridgehead atoms. The van der Waals surface area contributed by atoms with Crippen LogP contribution in [-0.4, -0.2) is 28.9 Å². The van der Waals surface area contributed by atoms with Crippen LogP contribution >= 0.6 is 11.3 Å². The third-order valence-corrected chi connectivity index (χ3v) is 3.93. The van der Waals surface area contributed by atoms with E-state index in [9.17, 15) is 4.79 Å². The van der Waals surface area contributed by atoms with Crippen molar-refractivity contribution in [2.75, 3.05) is 12.3 Å². The normalized spacial score (nSPS) is 18.0. The van der Waals surface area contributed by atoms with Crippen molar-refractivity contribution in [3.8, 4) is 0 Å². The summed E-state index contributed by atoms with van der Waals surface area (Å²) in [5.41, 5.74) is 5.76. The van der Waals surface area contributed by atoms with E-state index in [1.54, 1.807) is 12.3 Å². The van der Waals surface area contributed by atoms with Crippen LogP contribution in [0, 0.1) is 0 Å². The number of nitrogens with zero attached hydrogens (tertiary/aromatic N) is 2. The van der Waals surface area contributed by atoms with Crippen molar-refractivity contribution in [3.63, 3.8) is 0 Å². The molecule has 0 radical (unpaired) electrons. The maximum absolute atomic E-state index is 12.0. The van der Waals surface area contributed by atoms with Gasteiger partial charge in [-0.05, 0) is 39.5 Å². The van der Waals surface area contributed by atoms with Gasteiger partial charge in [0, 0.05) is 5.38 Å². The fraction of sp³-hybridized carbons (Fsp3) is 0.615. The van der Waals surface area contributed by atoms with Gasteiger partial charge in [0.05, 0.1) is 6.61 Å². The third-order valence-electron chi connectivity index (χ3n) is 3.25. The summed E-state index contributed by atoms with van der Waals surface area (Å²) >= 11 is 1.25. The molecule has 1 heterocycles. The third kappa shape index (κ3) is 3.47. The number of anilines is 1. The zero-order valence-corrected chi connectivity index (χ0v) is 12.5. The number of thiazole rings is 1. The number of rotatable bonds is 5. The lowest BCUT2D eigenvalue weighted by atomic mass is 10.1. The summed E-state index contributed by atoms with van der Waals surface area (Å²) in [7, 11) is 0. The Kier molecular flexibility index (Phi) is 4.59. The van der Waals surface area contributed by atoms with Crippen LogP contribution in [0.5, 0.6) is 0 Å². The van der Waals surface area contributed by atoms with E-state index in [0.717, 1.165) is 25.7 Å². The number of esters is 1. The molecule has 0 aromatic carbocycles. The average molecular weight is 297 g/mol. The van der Waals surface area contributed by atoms with Crippen molar-refractivity contribution < 1.29 is 14.4 Å². The van der Waals surface area contributed by atoms with E-state index >= 15 is 0 Å². The maximum atomic E-state index is 12.0. The van der Waals surface area contributed by atoms with Crippen molar-refractivity contribution in [3.05, 3.63) is 11.1 Å². The van der Waals surface area contributed by atoms with Gasteiger partial charge in [0.15, 0.2) is 5.13 Å². The number of hydrogen-bond acceptors (Lipinski definition) is 7. The second kappa shape index (κ2) is 6.21. The lowest BCUT2D eigenvalue weighted by molar-refractivity contribution is -0.135. The topological polar surface area (TPSA) is 86.8 Å². The molecule has 0 unspecified atom stereocenters. The molecule has 2 N–H and O–H groups in total. The molecular weight excluding hydrogens is 278 g/mol. The van der Waals surface area contributed by atoms with Gasteiger partial charge >= 0.3 is 5.97 Å². The summed E-state index contributed by atoms with van der Waals surface area (Å²) < 4.78 is 4.99. The van der Waals surface area contributed by atoms with E-state index in [-0.39, 0.29) is 17.9 Å². The van der Waals surface area contributed by atoms with Gasteiger partial charge in [-0.25, -0.2) is 9.78 Å². The first-order chi connectivity index (χ1) is 9.54. The predicted molar refractivity (Wildman–Crippen MR) is 77.7 cm³/mol. The van der Waals surface area contributed by atoms with Crippen LogP contribution in [0.15, 0.2) is 10.5 Å². The predicted octanol–water partition coefficient (Wildman–Crippen LogP) is 2.34. The highest BCUT2D eigenvalue weighted by Crippen LogP contribution is 2.32. The Morgan fingerprint density at radius 3 is 2.80 bits per heavy atom. The number of carbonyl (C=O) groups excluding carboxylic acids is 1. The Balaban J connectivity index is 2.19. The number of oxime groups is 1. The van der Waals surface area contributed by atoms with Gasteiger partial charge in [-0.3, -0.25) is 0 Å². The quantitative estimate of drug-likeness (QED) is 0.512. The van der Waals surface area contributed by atoms with Gasteiger partial charge in [0.25, 0.3) is 0 Å². The molecule has 1 saturated carbocycles. The molecule has 1 fully saturated rings.